The maximum absolute atomic E-state index is 13.5. The predicted molar refractivity (Wildman–Crippen MR) is 158 cm³/mol. The average molecular weight is 559 g/mol. The van der Waals surface area contributed by atoms with Gasteiger partial charge in [0.2, 0.25) is 5.95 Å². The van der Waals surface area contributed by atoms with Crippen molar-refractivity contribution in [2.24, 2.45) is 0 Å². The van der Waals surface area contributed by atoms with Crippen LogP contribution in [0.4, 0.5) is 17.3 Å². The van der Waals surface area contributed by atoms with E-state index < -0.39 is 9.84 Å². The molecule has 2 aliphatic rings. The Morgan fingerprint density at radius 2 is 1.65 bits per heavy atom. The van der Waals surface area contributed by atoms with E-state index >= 15 is 0 Å². The maximum atomic E-state index is 13.5. The van der Waals surface area contributed by atoms with Crippen molar-refractivity contribution in [3.63, 3.8) is 0 Å². The third-order valence-electron chi connectivity index (χ3n) is 8.06. The normalized spacial score (nSPS) is 17.0. The molecular formula is C30H34N6O3S. The van der Waals surface area contributed by atoms with Gasteiger partial charge in [0.1, 0.15) is 5.65 Å². The molecule has 2 aromatic carbocycles. The maximum Gasteiger partial charge on any atom is 0.252 e. The van der Waals surface area contributed by atoms with E-state index in [0.717, 1.165) is 44.7 Å². The number of fused-ring (bicyclic) bond motifs is 1. The lowest BCUT2D eigenvalue weighted by molar-refractivity contribution is 0.313. The number of anilines is 3. The molecule has 0 amide bonds. The highest BCUT2D eigenvalue weighted by Crippen LogP contribution is 2.31. The van der Waals surface area contributed by atoms with Crippen molar-refractivity contribution in [2.45, 2.75) is 42.4 Å². The van der Waals surface area contributed by atoms with Gasteiger partial charge in [0.15, 0.2) is 9.84 Å². The third kappa shape index (κ3) is 5.33. The van der Waals surface area contributed by atoms with Crippen LogP contribution in [-0.2, 0) is 16.4 Å². The molecule has 1 aliphatic carbocycles. The zero-order chi connectivity index (χ0) is 27.7. The van der Waals surface area contributed by atoms with Crippen LogP contribution in [0.2, 0.25) is 0 Å². The summed E-state index contributed by atoms with van der Waals surface area (Å²) in [5.41, 5.74) is 2.82. The lowest BCUT2D eigenvalue weighted by atomic mass is 10.2. The molecule has 1 saturated heterocycles. The number of sulfone groups is 1. The fourth-order valence-electron chi connectivity index (χ4n) is 5.69. The number of hydrogen-bond donors (Lipinski definition) is 1. The van der Waals surface area contributed by atoms with E-state index in [0.29, 0.717) is 40.3 Å². The Morgan fingerprint density at radius 3 is 2.40 bits per heavy atom. The summed E-state index contributed by atoms with van der Waals surface area (Å²) < 4.78 is 28.5. The van der Waals surface area contributed by atoms with Gasteiger partial charge < -0.3 is 15.1 Å². The summed E-state index contributed by atoms with van der Waals surface area (Å²) in [6, 6.07) is 18.4. The highest BCUT2D eigenvalue weighted by molar-refractivity contribution is 7.92. The van der Waals surface area contributed by atoms with Crippen molar-refractivity contribution < 1.29 is 8.42 Å². The van der Waals surface area contributed by atoms with Gasteiger partial charge in [-0.25, -0.2) is 13.4 Å². The molecule has 1 saturated carbocycles. The first-order chi connectivity index (χ1) is 19.4. The van der Waals surface area contributed by atoms with Gasteiger partial charge in [-0.2, -0.15) is 4.98 Å². The first-order valence-corrected chi connectivity index (χ1v) is 15.4. The quantitative estimate of drug-likeness (QED) is 0.363. The van der Waals surface area contributed by atoms with Gasteiger partial charge >= 0.3 is 0 Å². The zero-order valence-corrected chi connectivity index (χ0v) is 23.5. The molecule has 40 heavy (non-hydrogen) atoms. The summed E-state index contributed by atoms with van der Waals surface area (Å²) >= 11 is 0. The van der Waals surface area contributed by atoms with Crippen LogP contribution in [0.3, 0.4) is 0 Å². The molecule has 3 heterocycles. The van der Waals surface area contributed by atoms with Crippen LogP contribution in [0.5, 0.6) is 0 Å². The van der Waals surface area contributed by atoms with Crippen LogP contribution in [0.15, 0.2) is 76.6 Å². The third-order valence-corrected chi connectivity index (χ3v) is 10.4. The highest BCUT2D eigenvalue weighted by Gasteiger charge is 2.32. The minimum absolute atomic E-state index is 0.106. The molecule has 10 heteroatoms. The highest BCUT2D eigenvalue weighted by atomic mass is 32.2. The molecule has 0 unspecified atom stereocenters. The van der Waals surface area contributed by atoms with E-state index in [1.165, 1.54) is 16.3 Å². The van der Waals surface area contributed by atoms with Crippen molar-refractivity contribution in [3.8, 4) is 0 Å². The van der Waals surface area contributed by atoms with E-state index in [2.05, 4.69) is 39.3 Å². The second kappa shape index (κ2) is 11.0. The summed E-state index contributed by atoms with van der Waals surface area (Å²) in [6.45, 7) is 4.20. The molecule has 1 N–H and O–H groups in total. The minimum Gasteiger partial charge on any atom is -0.369 e. The zero-order valence-electron chi connectivity index (χ0n) is 22.7. The van der Waals surface area contributed by atoms with Gasteiger partial charge in [-0.15, -0.1) is 0 Å². The van der Waals surface area contributed by atoms with E-state index in [9.17, 15) is 13.2 Å². The first kappa shape index (κ1) is 26.5. The Bertz CT molecular complexity index is 1670. The fourth-order valence-corrected chi connectivity index (χ4v) is 7.77. The van der Waals surface area contributed by atoms with E-state index in [1.807, 2.05) is 18.2 Å². The Morgan fingerprint density at radius 1 is 0.925 bits per heavy atom. The van der Waals surface area contributed by atoms with Crippen LogP contribution in [0.1, 0.15) is 31.2 Å². The monoisotopic (exact) mass is 558 g/mol. The number of nitrogens with one attached hydrogen (secondary N) is 1. The standard InChI is InChI=1S/C30H34N6O3S/c1-34-16-18-35(19-17-34)25-13-11-24(12-14-25)32-30-31-20-22-10-15-28(37)36(29(22)33-30)21-23-6-2-5-9-27(23)40(38,39)26-7-3-4-8-26/h2,5-6,9-15,20,26H,3-4,7-8,16-19,21H2,1H3,(H,31,32,33). The van der Waals surface area contributed by atoms with Gasteiger partial charge in [0.25, 0.3) is 5.56 Å². The van der Waals surface area contributed by atoms with E-state index in [-0.39, 0.29) is 17.4 Å². The second-order valence-electron chi connectivity index (χ2n) is 10.8. The van der Waals surface area contributed by atoms with Crippen LogP contribution in [0.25, 0.3) is 11.0 Å². The van der Waals surface area contributed by atoms with Crippen LogP contribution < -0.4 is 15.8 Å². The Labute approximate surface area is 234 Å². The molecule has 0 radical (unpaired) electrons. The molecule has 2 fully saturated rings. The number of nitrogens with zero attached hydrogens (tertiary/aromatic N) is 5. The minimum atomic E-state index is -3.49. The number of benzene rings is 2. The smallest absolute Gasteiger partial charge is 0.252 e. The molecule has 9 nitrogen and oxygen atoms in total. The number of piperazine rings is 1. The summed E-state index contributed by atoms with van der Waals surface area (Å²) in [5, 5.41) is 3.59. The molecule has 1 aliphatic heterocycles. The molecule has 0 spiro atoms. The summed E-state index contributed by atoms with van der Waals surface area (Å²) in [4.78, 5) is 27.2. The molecule has 2 aromatic heterocycles. The topological polar surface area (TPSA) is 100 Å². The SMILES string of the molecule is CN1CCN(c2ccc(Nc3ncc4ccc(=O)n(Cc5ccccc5S(=O)(=O)C5CCCC5)c4n3)cc2)CC1. The molecule has 4 aromatic rings. The number of rotatable bonds is 7. The van der Waals surface area contributed by atoms with Crippen LogP contribution in [-0.4, -0.2) is 66.3 Å². The van der Waals surface area contributed by atoms with Gasteiger partial charge in [0.05, 0.1) is 16.7 Å². The Hall–Kier alpha value is -3.76. The van der Waals surface area contributed by atoms with Crippen molar-refractivity contribution in [1.82, 2.24) is 19.4 Å². The first-order valence-electron chi connectivity index (χ1n) is 13.9. The lowest BCUT2D eigenvalue weighted by Crippen LogP contribution is -2.44. The van der Waals surface area contributed by atoms with Gasteiger partial charge in [-0.1, -0.05) is 31.0 Å². The second-order valence-corrected chi connectivity index (χ2v) is 12.9. The predicted octanol–water partition coefficient (Wildman–Crippen LogP) is 4.05. The van der Waals surface area contributed by atoms with Crippen LogP contribution in [0, 0.1) is 0 Å². The molecule has 0 bridgehead atoms. The summed E-state index contributed by atoms with van der Waals surface area (Å²) in [7, 11) is -1.34. The van der Waals surface area contributed by atoms with Crippen LogP contribution >= 0.6 is 0 Å². The van der Waals surface area contributed by atoms with Crippen molar-refractivity contribution in [2.75, 3.05) is 43.4 Å². The summed E-state index contributed by atoms with van der Waals surface area (Å²) in [5.74, 6) is 0.367. The van der Waals surface area contributed by atoms with Gasteiger partial charge in [-0.05, 0) is 61.9 Å². The molecule has 6 rings (SSSR count). The van der Waals surface area contributed by atoms with Gasteiger partial charge in [0, 0.05) is 55.2 Å². The van der Waals surface area contributed by atoms with E-state index in [1.54, 1.807) is 30.5 Å². The van der Waals surface area contributed by atoms with Crippen molar-refractivity contribution >= 4 is 38.2 Å². The molecule has 208 valence electrons. The van der Waals surface area contributed by atoms with Gasteiger partial charge in [-0.3, -0.25) is 9.36 Å². The Balaban J connectivity index is 1.28. The number of aromatic nitrogens is 3. The van der Waals surface area contributed by atoms with Crippen molar-refractivity contribution in [3.05, 3.63) is 82.8 Å². The lowest BCUT2D eigenvalue weighted by Gasteiger charge is -2.34. The fraction of sp³-hybridized carbons (Fsp3) is 0.367. The number of pyridine rings is 1. The summed E-state index contributed by atoms with van der Waals surface area (Å²) in [6.07, 6.45) is 4.91. The van der Waals surface area contributed by atoms with E-state index in [4.69, 9.17) is 4.98 Å². The average Bonchev–Trinajstić information content (AvgIpc) is 3.52. The number of hydrogen-bond acceptors (Lipinski definition) is 8. The van der Waals surface area contributed by atoms with Crippen molar-refractivity contribution in [1.29, 1.82) is 0 Å². The molecule has 0 atom stereocenters. The molecular weight excluding hydrogens is 524 g/mol. The largest absolute Gasteiger partial charge is 0.369 e. The Kier molecular flexibility index (Phi) is 7.29. The number of likely N-dealkylation sites (N-methyl/N-ethyl adjacent to an activating group) is 1.